The highest BCUT2D eigenvalue weighted by Gasteiger charge is 2.44. The molecule has 2 unspecified atom stereocenters. The summed E-state index contributed by atoms with van der Waals surface area (Å²) in [5.41, 5.74) is 0. The highest BCUT2D eigenvalue weighted by atomic mass is 16.7. The quantitative estimate of drug-likeness (QED) is 0.0334. The Bertz CT molecular complexity index is 862. The Morgan fingerprint density at radius 2 is 0.877 bits per heavy atom. The predicted molar refractivity (Wildman–Crippen MR) is 235 cm³/mol. The lowest BCUT2D eigenvalue weighted by Crippen LogP contribution is -2.60. The van der Waals surface area contributed by atoms with Crippen LogP contribution in [0, 0.1) is 0 Å². The summed E-state index contributed by atoms with van der Waals surface area (Å²) in [6.45, 7) is 3.85. The van der Waals surface area contributed by atoms with Crippen molar-refractivity contribution >= 4 is 5.91 Å². The molecule has 1 saturated heterocycles. The number of aliphatic hydroxyl groups excluding tert-OH is 5. The maximum absolute atomic E-state index is 13.0. The van der Waals surface area contributed by atoms with E-state index in [0.29, 0.717) is 12.8 Å². The van der Waals surface area contributed by atoms with Crippen LogP contribution in [0.3, 0.4) is 0 Å². The molecule has 57 heavy (non-hydrogen) atoms. The first kappa shape index (κ1) is 54.2. The molecule has 0 aromatic carbocycles. The van der Waals surface area contributed by atoms with Gasteiger partial charge in [-0.3, -0.25) is 4.79 Å². The van der Waals surface area contributed by atoms with Gasteiger partial charge in [0, 0.05) is 6.42 Å². The van der Waals surface area contributed by atoms with Crippen LogP contribution in [-0.4, -0.2) is 87.5 Å². The zero-order chi connectivity index (χ0) is 41.6. The van der Waals surface area contributed by atoms with Crippen molar-refractivity contribution in [2.24, 2.45) is 0 Å². The number of rotatable bonds is 42. The number of amides is 1. The molecule has 0 bridgehead atoms. The highest BCUT2D eigenvalue weighted by Crippen LogP contribution is 2.23. The van der Waals surface area contributed by atoms with Gasteiger partial charge in [-0.25, -0.2) is 0 Å². The molecular formula is C48H95NO8. The van der Waals surface area contributed by atoms with Crippen LogP contribution in [-0.2, 0) is 14.3 Å². The lowest BCUT2D eigenvalue weighted by atomic mass is 9.99. The van der Waals surface area contributed by atoms with Gasteiger partial charge in [0.15, 0.2) is 6.29 Å². The number of hydrogen-bond acceptors (Lipinski definition) is 8. The molecule has 9 nitrogen and oxygen atoms in total. The predicted octanol–water partition coefficient (Wildman–Crippen LogP) is 10.7. The Morgan fingerprint density at radius 3 is 1.25 bits per heavy atom. The summed E-state index contributed by atoms with van der Waals surface area (Å²) >= 11 is 0. The maximum atomic E-state index is 13.0. The van der Waals surface area contributed by atoms with Crippen molar-refractivity contribution in [3.63, 3.8) is 0 Å². The average Bonchev–Trinajstić information content (AvgIpc) is 3.21. The number of nitrogens with one attached hydrogen (secondary N) is 1. The zero-order valence-electron chi connectivity index (χ0n) is 37.4. The molecule has 0 aliphatic carbocycles. The normalized spacial score (nSPS) is 20.9. The Hall–Kier alpha value is -0.810. The van der Waals surface area contributed by atoms with Crippen molar-refractivity contribution < 1.29 is 39.8 Å². The van der Waals surface area contributed by atoms with E-state index in [9.17, 15) is 30.3 Å². The summed E-state index contributed by atoms with van der Waals surface area (Å²) in [6.07, 6.45) is 36.9. The van der Waals surface area contributed by atoms with Gasteiger partial charge < -0.3 is 40.3 Å². The van der Waals surface area contributed by atoms with Crippen molar-refractivity contribution in [3.05, 3.63) is 0 Å². The monoisotopic (exact) mass is 814 g/mol. The van der Waals surface area contributed by atoms with Gasteiger partial charge in [0.05, 0.1) is 25.4 Å². The molecule has 340 valence electrons. The van der Waals surface area contributed by atoms with Gasteiger partial charge in [0.25, 0.3) is 0 Å². The van der Waals surface area contributed by atoms with E-state index in [1.54, 1.807) is 0 Å². The third kappa shape index (κ3) is 30.0. The topological polar surface area (TPSA) is 149 Å². The highest BCUT2D eigenvalue weighted by molar-refractivity contribution is 5.76. The molecular weight excluding hydrogens is 719 g/mol. The lowest BCUT2D eigenvalue weighted by Gasteiger charge is -2.40. The third-order valence-corrected chi connectivity index (χ3v) is 12.2. The minimum Gasteiger partial charge on any atom is -0.394 e. The Labute approximate surface area is 351 Å². The zero-order valence-corrected chi connectivity index (χ0v) is 37.4. The fourth-order valence-electron chi connectivity index (χ4n) is 8.22. The van der Waals surface area contributed by atoms with Crippen LogP contribution in [0.25, 0.3) is 0 Å². The molecule has 1 heterocycles. The summed E-state index contributed by atoms with van der Waals surface area (Å²) in [7, 11) is 0. The number of hydrogen-bond donors (Lipinski definition) is 6. The molecule has 0 aromatic rings. The van der Waals surface area contributed by atoms with Gasteiger partial charge in [-0.2, -0.15) is 0 Å². The van der Waals surface area contributed by atoms with E-state index in [1.807, 2.05) is 0 Å². The van der Waals surface area contributed by atoms with Gasteiger partial charge in [-0.15, -0.1) is 0 Å². The van der Waals surface area contributed by atoms with Gasteiger partial charge in [0.1, 0.15) is 24.4 Å². The standard InChI is InChI=1S/C48H95NO8/c1-3-5-7-9-11-13-15-17-18-19-20-21-22-23-24-25-26-28-30-32-34-36-38-44(52)49-41(40-56-48-47(55)46(54)45(53)43(39-50)57-48)42(51)37-35-33-31-29-27-16-14-12-10-8-6-4-2/h41-43,45-48,50-51,53-55H,3-40H2,1-2H3,(H,49,52)/t41-,42+,43+,45+,46?,47?,48+/m0/s1. The van der Waals surface area contributed by atoms with Crippen molar-refractivity contribution in [2.75, 3.05) is 13.2 Å². The Balaban J connectivity index is 2.22. The lowest BCUT2D eigenvalue weighted by molar-refractivity contribution is -0.302. The largest absolute Gasteiger partial charge is 0.394 e. The molecule has 1 aliphatic rings. The van der Waals surface area contributed by atoms with E-state index in [0.717, 1.165) is 38.5 Å². The SMILES string of the molecule is CCCCCCCCCCCCCCCCCCCCCCCCC(=O)N[C@@H](CO[C@@H]1O[C@H](CO)[C@@H](O)C(O)C1O)[C@H](O)CCCCCCCCCCCCCC. The second kappa shape index (κ2) is 39.3. The van der Waals surface area contributed by atoms with Crippen molar-refractivity contribution in [1.82, 2.24) is 5.32 Å². The summed E-state index contributed by atoms with van der Waals surface area (Å²) < 4.78 is 11.3. The smallest absolute Gasteiger partial charge is 0.220 e. The molecule has 6 N–H and O–H groups in total. The van der Waals surface area contributed by atoms with E-state index in [-0.39, 0.29) is 12.5 Å². The summed E-state index contributed by atoms with van der Waals surface area (Å²) in [6, 6.07) is -0.711. The van der Waals surface area contributed by atoms with Crippen molar-refractivity contribution in [2.45, 2.75) is 288 Å². The minimum absolute atomic E-state index is 0.132. The molecule has 7 atom stereocenters. The molecule has 1 fully saturated rings. The maximum Gasteiger partial charge on any atom is 0.220 e. The first-order valence-electron chi connectivity index (χ1n) is 24.7. The summed E-state index contributed by atoms with van der Waals surface area (Å²) in [5, 5.41) is 54.4. The Morgan fingerprint density at radius 1 is 0.526 bits per heavy atom. The molecule has 0 saturated carbocycles. The third-order valence-electron chi connectivity index (χ3n) is 12.2. The van der Waals surface area contributed by atoms with Crippen LogP contribution in [0.5, 0.6) is 0 Å². The van der Waals surface area contributed by atoms with E-state index in [2.05, 4.69) is 19.2 Å². The molecule has 0 aromatic heterocycles. The second-order valence-electron chi connectivity index (χ2n) is 17.6. The first-order chi connectivity index (χ1) is 27.8. The van der Waals surface area contributed by atoms with Crippen LogP contribution in [0.4, 0.5) is 0 Å². The minimum atomic E-state index is -1.55. The fraction of sp³-hybridized carbons (Fsp3) is 0.979. The van der Waals surface area contributed by atoms with Crippen molar-refractivity contribution in [3.8, 4) is 0 Å². The molecule has 1 amide bonds. The van der Waals surface area contributed by atoms with Crippen LogP contribution in [0.2, 0.25) is 0 Å². The van der Waals surface area contributed by atoms with E-state index in [1.165, 1.54) is 180 Å². The fourth-order valence-corrected chi connectivity index (χ4v) is 8.22. The van der Waals surface area contributed by atoms with E-state index >= 15 is 0 Å². The van der Waals surface area contributed by atoms with E-state index in [4.69, 9.17) is 9.47 Å². The number of carbonyl (C=O) groups excluding carboxylic acids is 1. The van der Waals surface area contributed by atoms with Gasteiger partial charge in [-0.05, 0) is 12.8 Å². The summed E-state index contributed by atoms with van der Waals surface area (Å²) in [5.74, 6) is -0.140. The van der Waals surface area contributed by atoms with E-state index < -0.39 is 49.5 Å². The second-order valence-corrected chi connectivity index (χ2v) is 17.6. The number of aliphatic hydroxyl groups is 5. The molecule has 1 aliphatic heterocycles. The van der Waals surface area contributed by atoms with Gasteiger partial charge in [-0.1, -0.05) is 226 Å². The number of unbranched alkanes of at least 4 members (excludes halogenated alkanes) is 32. The summed E-state index contributed by atoms with van der Waals surface area (Å²) in [4.78, 5) is 13.0. The molecule has 0 radical (unpaired) electrons. The number of carbonyl (C=O) groups is 1. The van der Waals surface area contributed by atoms with Crippen LogP contribution in [0.15, 0.2) is 0 Å². The average molecular weight is 814 g/mol. The van der Waals surface area contributed by atoms with Crippen molar-refractivity contribution in [1.29, 1.82) is 0 Å². The Kier molecular flexibility index (Phi) is 37.4. The van der Waals surface area contributed by atoms with Gasteiger partial charge >= 0.3 is 0 Å². The molecule has 1 rings (SSSR count). The van der Waals surface area contributed by atoms with Crippen LogP contribution >= 0.6 is 0 Å². The van der Waals surface area contributed by atoms with Gasteiger partial charge in [0.2, 0.25) is 5.91 Å². The van der Waals surface area contributed by atoms with Crippen LogP contribution < -0.4 is 5.32 Å². The first-order valence-corrected chi connectivity index (χ1v) is 24.7. The number of ether oxygens (including phenoxy) is 2. The molecule has 9 heteroatoms. The van der Waals surface area contributed by atoms with Crippen LogP contribution in [0.1, 0.15) is 245 Å². The molecule has 0 spiro atoms.